The van der Waals surface area contributed by atoms with E-state index in [2.05, 4.69) is 61.6 Å². The van der Waals surface area contributed by atoms with Crippen LogP contribution in [-0.4, -0.2) is 0 Å². The van der Waals surface area contributed by atoms with Crippen molar-refractivity contribution in [3.05, 3.63) is 68.6 Å². The zero-order chi connectivity index (χ0) is 12.3. The number of rotatable bonds is 3. The van der Waals surface area contributed by atoms with Crippen LogP contribution in [0.2, 0.25) is 0 Å². The Bertz CT molecular complexity index is 480. The zero-order valence-corrected chi connectivity index (χ0v) is 12.2. The van der Waals surface area contributed by atoms with E-state index in [4.69, 9.17) is 5.84 Å². The second-order valence-electron chi connectivity index (χ2n) is 3.71. The third-order valence-corrected chi connectivity index (χ3v) is 3.43. The average molecular weight is 356 g/mol. The van der Waals surface area contributed by atoms with E-state index >= 15 is 0 Å². The van der Waals surface area contributed by atoms with Gasteiger partial charge in [0.25, 0.3) is 0 Å². The Kier molecular flexibility index (Phi) is 4.34. The number of halogens is 2. The maximum absolute atomic E-state index is 5.66. The van der Waals surface area contributed by atoms with Crippen molar-refractivity contribution in [1.82, 2.24) is 5.43 Å². The highest BCUT2D eigenvalue weighted by Crippen LogP contribution is 2.27. The van der Waals surface area contributed by atoms with Gasteiger partial charge in [0.15, 0.2) is 0 Å². The van der Waals surface area contributed by atoms with E-state index in [1.165, 1.54) is 0 Å². The predicted octanol–water partition coefficient (Wildman–Crippen LogP) is 3.76. The summed E-state index contributed by atoms with van der Waals surface area (Å²) in [5, 5.41) is 0. The van der Waals surface area contributed by atoms with Crippen molar-refractivity contribution in [3.8, 4) is 0 Å². The zero-order valence-electron chi connectivity index (χ0n) is 9.03. The first-order valence-electron chi connectivity index (χ1n) is 5.18. The van der Waals surface area contributed by atoms with Crippen molar-refractivity contribution in [3.63, 3.8) is 0 Å². The molecule has 0 aliphatic rings. The minimum atomic E-state index is -0.00926. The fourth-order valence-electron chi connectivity index (χ4n) is 1.77. The molecular formula is C13H12Br2N2. The summed E-state index contributed by atoms with van der Waals surface area (Å²) in [7, 11) is 0. The van der Waals surface area contributed by atoms with E-state index in [-0.39, 0.29) is 6.04 Å². The highest BCUT2D eigenvalue weighted by Gasteiger charge is 2.12. The first-order chi connectivity index (χ1) is 8.20. The lowest BCUT2D eigenvalue weighted by atomic mass is 10.00. The van der Waals surface area contributed by atoms with Gasteiger partial charge in [0.2, 0.25) is 0 Å². The summed E-state index contributed by atoms with van der Waals surface area (Å²) < 4.78 is 2.05. The molecule has 0 aliphatic heterocycles. The van der Waals surface area contributed by atoms with Gasteiger partial charge in [-0.3, -0.25) is 5.84 Å². The minimum absolute atomic E-state index is 0.00926. The molecule has 0 amide bonds. The van der Waals surface area contributed by atoms with Crippen LogP contribution in [0.1, 0.15) is 17.2 Å². The van der Waals surface area contributed by atoms with Crippen LogP contribution < -0.4 is 11.3 Å². The molecule has 1 unspecified atom stereocenters. The van der Waals surface area contributed by atoms with Crippen molar-refractivity contribution in [2.75, 3.05) is 0 Å². The van der Waals surface area contributed by atoms with Crippen molar-refractivity contribution in [2.45, 2.75) is 6.04 Å². The molecule has 0 aromatic heterocycles. The predicted molar refractivity (Wildman–Crippen MR) is 77.5 cm³/mol. The van der Waals surface area contributed by atoms with E-state index in [0.717, 1.165) is 20.1 Å². The van der Waals surface area contributed by atoms with Crippen LogP contribution in [0, 0.1) is 0 Å². The molecule has 0 saturated carbocycles. The van der Waals surface area contributed by atoms with Gasteiger partial charge in [-0.2, -0.15) is 0 Å². The Morgan fingerprint density at radius 1 is 0.882 bits per heavy atom. The molecule has 0 fully saturated rings. The summed E-state index contributed by atoms with van der Waals surface area (Å²) >= 11 is 6.97. The number of hydrogen-bond donors (Lipinski definition) is 2. The summed E-state index contributed by atoms with van der Waals surface area (Å²) in [5.41, 5.74) is 5.10. The fourth-order valence-corrected chi connectivity index (χ4v) is 3.10. The van der Waals surface area contributed by atoms with Crippen molar-refractivity contribution < 1.29 is 0 Å². The van der Waals surface area contributed by atoms with E-state index in [9.17, 15) is 0 Å². The third-order valence-electron chi connectivity index (χ3n) is 2.52. The third kappa shape index (κ3) is 3.16. The van der Waals surface area contributed by atoms with Crippen LogP contribution in [0.4, 0.5) is 0 Å². The monoisotopic (exact) mass is 354 g/mol. The molecule has 1 atom stereocenters. The normalized spacial score (nSPS) is 12.4. The summed E-state index contributed by atoms with van der Waals surface area (Å²) in [6.45, 7) is 0. The van der Waals surface area contributed by atoms with Crippen LogP contribution in [-0.2, 0) is 0 Å². The van der Waals surface area contributed by atoms with E-state index in [0.29, 0.717) is 0 Å². The first-order valence-corrected chi connectivity index (χ1v) is 6.76. The van der Waals surface area contributed by atoms with E-state index < -0.39 is 0 Å². The van der Waals surface area contributed by atoms with E-state index in [1.54, 1.807) is 0 Å². The second-order valence-corrected chi connectivity index (χ2v) is 5.54. The Morgan fingerprint density at radius 2 is 1.47 bits per heavy atom. The molecule has 0 aliphatic carbocycles. The van der Waals surface area contributed by atoms with Gasteiger partial charge in [-0.05, 0) is 29.3 Å². The lowest BCUT2D eigenvalue weighted by molar-refractivity contribution is 0.636. The molecule has 0 radical (unpaired) electrons. The average Bonchev–Trinajstić information content (AvgIpc) is 2.30. The Morgan fingerprint density at radius 3 is 2.00 bits per heavy atom. The highest BCUT2D eigenvalue weighted by atomic mass is 79.9. The molecule has 0 saturated heterocycles. The molecule has 2 nitrogen and oxygen atoms in total. The van der Waals surface area contributed by atoms with Gasteiger partial charge in [0.1, 0.15) is 0 Å². The van der Waals surface area contributed by atoms with Crippen LogP contribution in [0.25, 0.3) is 0 Å². The molecular weight excluding hydrogens is 344 g/mol. The summed E-state index contributed by atoms with van der Waals surface area (Å²) in [6.07, 6.45) is 0. The number of benzene rings is 2. The first kappa shape index (κ1) is 12.8. The van der Waals surface area contributed by atoms with Gasteiger partial charge in [-0.25, -0.2) is 5.43 Å². The number of nitrogens with one attached hydrogen (secondary N) is 1. The quantitative estimate of drug-likeness (QED) is 0.649. The number of nitrogens with two attached hydrogens (primary N) is 1. The van der Waals surface area contributed by atoms with Crippen LogP contribution >= 0.6 is 31.9 Å². The molecule has 0 bridgehead atoms. The molecule has 0 heterocycles. The SMILES string of the molecule is NNC(c1ccccc1)c1cc(Br)cc(Br)c1. The van der Waals surface area contributed by atoms with Gasteiger partial charge >= 0.3 is 0 Å². The lowest BCUT2D eigenvalue weighted by Gasteiger charge is -2.17. The maximum atomic E-state index is 5.66. The maximum Gasteiger partial charge on any atom is 0.0710 e. The second kappa shape index (κ2) is 5.78. The van der Waals surface area contributed by atoms with Gasteiger partial charge in [0, 0.05) is 8.95 Å². The molecule has 2 aromatic carbocycles. The summed E-state index contributed by atoms with van der Waals surface area (Å²) in [5.74, 6) is 5.66. The lowest BCUT2D eigenvalue weighted by Crippen LogP contribution is -2.28. The van der Waals surface area contributed by atoms with Crippen molar-refractivity contribution >= 4 is 31.9 Å². The fraction of sp³-hybridized carbons (Fsp3) is 0.0769. The van der Waals surface area contributed by atoms with Crippen LogP contribution in [0.5, 0.6) is 0 Å². The van der Waals surface area contributed by atoms with Crippen LogP contribution in [0.3, 0.4) is 0 Å². The number of hydrogen-bond acceptors (Lipinski definition) is 2. The summed E-state index contributed by atoms with van der Waals surface area (Å²) in [4.78, 5) is 0. The molecule has 17 heavy (non-hydrogen) atoms. The standard InChI is InChI=1S/C13H12Br2N2/c14-11-6-10(7-12(15)8-11)13(17-16)9-4-2-1-3-5-9/h1-8,13,17H,16H2. The van der Waals surface area contributed by atoms with Crippen LogP contribution in [0.15, 0.2) is 57.5 Å². The molecule has 0 spiro atoms. The largest absolute Gasteiger partial charge is 0.271 e. The van der Waals surface area contributed by atoms with Crippen molar-refractivity contribution in [2.24, 2.45) is 5.84 Å². The Balaban J connectivity index is 2.42. The Hall–Kier alpha value is -0.680. The molecule has 4 heteroatoms. The smallest absolute Gasteiger partial charge is 0.0710 e. The molecule has 2 rings (SSSR count). The van der Waals surface area contributed by atoms with Gasteiger partial charge in [0.05, 0.1) is 6.04 Å². The summed E-state index contributed by atoms with van der Waals surface area (Å²) in [6, 6.07) is 16.2. The molecule has 3 N–H and O–H groups in total. The van der Waals surface area contributed by atoms with Gasteiger partial charge in [-0.1, -0.05) is 62.2 Å². The van der Waals surface area contributed by atoms with Crippen molar-refractivity contribution in [1.29, 1.82) is 0 Å². The Labute approximate surface area is 117 Å². The highest BCUT2D eigenvalue weighted by molar-refractivity contribution is 9.11. The van der Waals surface area contributed by atoms with Gasteiger partial charge in [-0.15, -0.1) is 0 Å². The minimum Gasteiger partial charge on any atom is -0.271 e. The van der Waals surface area contributed by atoms with Gasteiger partial charge < -0.3 is 0 Å². The topological polar surface area (TPSA) is 38.0 Å². The van der Waals surface area contributed by atoms with E-state index in [1.807, 2.05) is 24.3 Å². The molecule has 2 aromatic rings. The number of hydrazine groups is 1. The molecule has 88 valence electrons.